The van der Waals surface area contributed by atoms with Gasteiger partial charge in [-0.1, -0.05) is 12.1 Å². The second kappa shape index (κ2) is 6.76. The number of nitrogens with one attached hydrogen (secondary N) is 1. The minimum atomic E-state index is -3.31. The average Bonchev–Trinajstić information content (AvgIpc) is 2.91. The zero-order chi connectivity index (χ0) is 14.4. The lowest BCUT2D eigenvalue weighted by Gasteiger charge is -2.08. The summed E-state index contributed by atoms with van der Waals surface area (Å²) < 4.78 is 27.8. The van der Waals surface area contributed by atoms with Gasteiger partial charge < -0.3 is 0 Å². The summed E-state index contributed by atoms with van der Waals surface area (Å²) in [5.74, 6) is 0.370. The fourth-order valence-electron chi connectivity index (χ4n) is 1.73. The molecule has 5 nitrogen and oxygen atoms in total. The fraction of sp³-hybridized carbons (Fsp3) is 0.308. The van der Waals surface area contributed by atoms with E-state index in [1.807, 2.05) is 24.4 Å². The van der Waals surface area contributed by atoms with Crippen LogP contribution in [0.15, 0.2) is 42.7 Å². The van der Waals surface area contributed by atoms with Crippen molar-refractivity contribution in [3.05, 3.63) is 48.3 Å². The quantitative estimate of drug-likeness (QED) is 0.798. The zero-order valence-corrected chi connectivity index (χ0v) is 12.4. The van der Waals surface area contributed by atoms with E-state index in [0.29, 0.717) is 24.5 Å². The molecule has 0 spiro atoms. The van der Waals surface area contributed by atoms with Gasteiger partial charge in [-0.25, -0.2) is 8.42 Å². The molecule has 0 amide bonds. The Labute approximate surface area is 123 Å². The highest BCUT2D eigenvalue weighted by molar-refractivity contribution is 7.92. The maximum absolute atomic E-state index is 11.7. The van der Waals surface area contributed by atoms with Crippen molar-refractivity contribution in [1.29, 1.82) is 0 Å². The van der Waals surface area contributed by atoms with Crippen molar-refractivity contribution in [2.24, 2.45) is 0 Å². The lowest BCUT2D eigenvalue weighted by Crippen LogP contribution is -2.17. The van der Waals surface area contributed by atoms with Crippen LogP contribution in [0.5, 0.6) is 0 Å². The van der Waals surface area contributed by atoms with Gasteiger partial charge in [0.15, 0.2) is 0 Å². The first-order chi connectivity index (χ1) is 9.59. The number of sulfonamides is 1. The van der Waals surface area contributed by atoms with Crippen LogP contribution in [0.2, 0.25) is 0 Å². The van der Waals surface area contributed by atoms with Crippen molar-refractivity contribution in [3.8, 4) is 0 Å². The molecule has 1 heterocycles. The molecule has 108 valence electrons. The predicted molar refractivity (Wildman–Crippen MR) is 80.5 cm³/mol. The number of rotatable bonds is 7. The minimum absolute atomic E-state index is 0.0333. The highest BCUT2D eigenvalue weighted by atomic mass is 35.5. The molecule has 0 unspecified atom stereocenters. The first-order valence-electron chi connectivity index (χ1n) is 6.22. The fourth-order valence-corrected chi connectivity index (χ4v) is 3.15. The summed E-state index contributed by atoms with van der Waals surface area (Å²) in [5, 5.41) is 4.12. The number of benzene rings is 1. The summed E-state index contributed by atoms with van der Waals surface area (Å²) >= 11 is 5.50. The molecule has 0 aliphatic rings. The van der Waals surface area contributed by atoms with E-state index < -0.39 is 10.0 Å². The van der Waals surface area contributed by atoms with E-state index in [1.54, 1.807) is 23.0 Å². The Kier molecular flexibility index (Phi) is 5.03. The van der Waals surface area contributed by atoms with E-state index in [1.165, 1.54) is 0 Å². The van der Waals surface area contributed by atoms with Crippen molar-refractivity contribution in [1.82, 2.24) is 9.78 Å². The smallest absolute Gasteiger partial charge is 0.232 e. The summed E-state index contributed by atoms with van der Waals surface area (Å²) in [5.41, 5.74) is 1.61. The van der Waals surface area contributed by atoms with Crippen LogP contribution >= 0.6 is 11.6 Å². The Morgan fingerprint density at radius 1 is 1.25 bits per heavy atom. The van der Waals surface area contributed by atoms with Gasteiger partial charge in [-0.05, 0) is 30.2 Å². The molecule has 0 aliphatic carbocycles. The average molecular weight is 314 g/mol. The Bertz CT molecular complexity index is 624. The number of anilines is 1. The summed E-state index contributed by atoms with van der Waals surface area (Å²) in [4.78, 5) is 0. The van der Waals surface area contributed by atoms with Crippen LogP contribution in [-0.2, 0) is 16.6 Å². The van der Waals surface area contributed by atoms with Crippen LogP contribution in [0.3, 0.4) is 0 Å². The van der Waals surface area contributed by atoms with Crippen molar-refractivity contribution in [2.75, 3.05) is 16.4 Å². The third-order valence-electron chi connectivity index (χ3n) is 2.68. The van der Waals surface area contributed by atoms with Gasteiger partial charge in [-0.15, -0.1) is 11.6 Å². The van der Waals surface area contributed by atoms with Gasteiger partial charge in [0.1, 0.15) is 0 Å². The topological polar surface area (TPSA) is 64.0 Å². The maximum atomic E-state index is 11.7. The van der Waals surface area contributed by atoms with E-state index in [4.69, 9.17) is 11.6 Å². The van der Waals surface area contributed by atoms with Gasteiger partial charge in [-0.2, -0.15) is 5.10 Å². The molecule has 0 bridgehead atoms. The van der Waals surface area contributed by atoms with Gasteiger partial charge in [-0.3, -0.25) is 9.40 Å². The number of halogens is 1. The minimum Gasteiger partial charge on any atom is -0.284 e. The summed E-state index contributed by atoms with van der Waals surface area (Å²) in [6.45, 7) is 0.659. The van der Waals surface area contributed by atoms with Crippen LogP contribution in [0.4, 0.5) is 5.69 Å². The van der Waals surface area contributed by atoms with E-state index in [-0.39, 0.29) is 5.75 Å². The molecule has 1 N–H and O–H groups in total. The van der Waals surface area contributed by atoms with E-state index in [0.717, 1.165) is 5.56 Å². The number of hydrogen-bond donors (Lipinski definition) is 1. The summed E-state index contributed by atoms with van der Waals surface area (Å²) in [6.07, 6.45) is 4.04. The summed E-state index contributed by atoms with van der Waals surface area (Å²) in [7, 11) is -3.31. The lowest BCUT2D eigenvalue weighted by atomic mass is 10.2. The first kappa shape index (κ1) is 14.9. The monoisotopic (exact) mass is 313 g/mol. The van der Waals surface area contributed by atoms with E-state index >= 15 is 0 Å². The molecule has 20 heavy (non-hydrogen) atoms. The SMILES string of the molecule is O=S(=O)(CCCCl)Nc1ccc(Cn2cccn2)cc1. The molecule has 1 aromatic heterocycles. The highest BCUT2D eigenvalue weighted by Gasteiger charge is 2.09. The maximum Gasteiger partial charge on any atom is 0.232 e. The first-order valence-corrected chi connectivity index (χ1v) is 8.40. The predicted octanol–water partition coefficient (Wildman–Crippen LogP) is 2.30. The van der Waals surface area contributed by atoms with Crippen LogP contribution < -0.4 is 4.72 Å². The molecule has 2 aromatic rings. The highest BCUT2D eigenvalue weighted by Crippen LogP contribution is 2.12. The molecule has 0 saturated carbocycles. The van der Waals surface area contributed by atoms with Crippen molar-refractivity contribution >= 4 is 27.3 Å². The van der Waals surface area contributed by atoms with Crippen molar-refractivity contribution < 1.29 is 8.42 Å². The molecular weight excluding hydrogens is 298 g/mol. The third kappa shape index (κ3) is 4.54. The second-order valence-electron chi connectivity index (χ2n) is 4.36. The normalized spacial score (nSPS) is 11.4. The number of hydrogen-bond acceptors (Lipinski definition) is 3. The van der Waals surface area contributed by atoms with Crippen LogP contribution in [0.1, 0.15) is 12.0 Å². The van der Waals surface area contributed by atoms with E-state index in [2.05, 4.69) is 9.82 Å². The number of nitrogens with zero attached hydrogens (tertiary/aromatic N) is 2. The van der Waals surface area contributed by atoms with Crippen LogP contribution in [0, 0.1) is 0 Å². The molecular formula is C13H16ClN3O2S. The van der Waals surface area contributed by atoms with Gasteiger partial charge in [0, 0.05) is 24.0 Å². The molecule has 0 atom stereocenters. The van der Waals surface area contributed by atoms with E-state index in [9.17, 15) is 8.42 Å². The largest absolute Gasteiger partial charge is 0.284 e. The number of alkyl halides is 1. The lowest BCUT2D eigenvalue weighted by molar-refractivity contribution is 0.600. The van der Waals surface area contributed by atoms with Crippen LogP contribution in [-0.4, -0.2) is 29.8 Å². The Morgan fingerprint density at radius 2 is 2.00 bits per heavy atom. The van der Waals surface area contributed by atoms with Gasteiger partial charge in [0.25, 0.3) is 0 Å². The Balaban J connectivity index is 1.98. The standard InChI is InChI=1S/C13H16ClN3O2S/c14-7-1-10-20(18,19)16-13-5-3-12(4-6-13)11-17-9-2-8-15-17/h2-6,8-9,16H,1,7,10-11H2. The summed E-state index contributed by atoms with van der Waals surface area (Å²) in [6, 6.07) is 9.11. The number of aromatic nitrogens is 2. The molecule has 7 heteroatoms. The molecule has 0 radical (unpaired) electrons. The molecule has 2 rings (SSSR count). The van der Waals surface area contributed by atoms with Gasteiger partial charge in [0.05, 0.1) is 12.3 Å². The molecule has 0 saturated heterocycles. The van der Waals surface area contributed by atoms with Crippen molar-refractivity contribution in [2.45, 2.75) is 13.0 Å². The Morgan fingerprint density at radius 3 is 2.60 bits per heavy atom. The second-order valence-corrected chi connectivity index (χ2v) is 6.58. The molecule has 0 aliphatic heterocycles. The third-order valence-corrected chi connectivity index (χ3v) is 4.32. The molecule has 1 aromatic carbocycles. The van der Waals surface area contributed by atoms with Crippen molar-refractivity contribution in [3.63, 3.8) is 0 Å². The van der Waals surface area contributed by atoms with Gasteiger partial charge >= 0.3 is 0 Å². The zero-order valence-electron chi connectivity index (χ0n) is 10.9. The Hall–Kier alpha value is -1.53. The van der Waals surface area contributed by atoms with Gasteiger partial charge in [0.2, 0.25) is 10.0 Å². The van der Waals surface area contributed by atoms with Crippen LogP contribution in [0.25, 0.3) is 0 Å². The molecule has 0 fully saturated rings.